The third kappa shape index (κ3) is 6.88. The second kappa shape index (κ2) is 11.3. The summed E-state index contributed by atoms with van der Waals surface area (Å²) in [4.78, 5) is 13.4. The standard InChI is InChI=1S/C18H35NO/c1-3-4-5-6-7-8-9-10-11-12-15-19-17(2)13-14-18(19)16-20/h16-18H,3-15H2,1-2H3. The van der Waals surface area contributed by atoms with Gasteiger partial charge in [-0.05, 0) is 32.7 Å². The minimum atomic E-state index is 0.212. The van der Waals surface area contributed by atoms with E-state index in [0.717, 1.165) is 19.3 Å². The number of nitrogens with zero attached hydrogens (tertiary/aromatic N) is 1. The molecule has 0 radical (unpaired) electrons. The van der Waals surface area contributed by atoms with Gasteiger partial charge in [0, 0.05) is 6.04 Å². The van der Waals surface area contributed by atoms with Crippen LogP contribution in [0.4, 0.5) is 0 Å². The van der Waals surface area contributed by atoms with Gasteiger partial charge in [-0.15, -0.1) is 0 Å². The molecule has 2 atom stereocenters. The Morgan fingerprint density at radius 3 is 2.00 bits per heavy atom. The predicted octanol–water partition coefficient (Wildman–Crippen LogP) is 4.96. The van der Waals surface area contributed by atoms with Crippen LogP contribution < -0.4 is 0 Å². The molecule has 0 saturated carbocycles. The second-order valence-corrected chi connectivity index (χ2v) is 6.55. The number of carbonyl (C=O) groups excluding carboxylic acids is 1. The minimum absolute atomic E-state index is 0.212. The summed E-state index contributed by atoms with van der Waals surface area (Å²) in [6, 6.07) is 0.826. The fraction of sp³-hybridized carbons (Fsp3) is 0.944. The van der Waals surface area contributed by atoms with E-state index in [0.29, 0.717) is 6.04 Å². The second-order valence-electron chi connectivity index (χ2n) is 6.55. The van der Waals surface area contributed by atoms with Crippen molar-refractivity contribution in [2.75, 3.05) is 6.54 Å². The lowest BCUT2D eigenvalue weighted by atomic mass is 10.1. The van der Waals surface area contributed by atoms with Crippen molar-refractivity contribution in [1.82, 2.24) is 4.90 Å². The highest BCUT2D eigenvalue weighted by Crippen LogP contribution is 2.23. The van der Waals surface area contributed by atoms with E-state index in [4.69, 9.17) is 0 Å². The topological polar surface area (TPSA) is 20.3 Å². The third-order valence-corrected chi connectivity index (χ3v) is 4.80. The van der Waals surface area contributed by atoms with Gasteiger partial charge in [-0.3, -0.25) is 4.90 Å². The molecule has 0 aromatic heterocycles. The molecule has 1 fully saturated rings. The molecule has 0 amide bonds. The zero-order valence-corrected chi connectivity index (χ0v) is 13.8. The van der Waals surface area contributed by atoms with Crippen LogP contribution >= 0.6 is 0 Å². The maximum atomic E-state index is 11.0. The minimum Gasteiger partial charge on any atom is -0.302 e. The molecule has 2 nitrogen and oxygen atoms in total. The highest BCUT2D eigenvalue weighted by molar-refractivity contribution is 5.58. The lowest BCUT2D eigenvalue weighted by Crippen LogP contribution is -2.36. The molecule has 0 aromatic rings. The van der Waals surface area contributed by atoms with Crippen LogP contribution in [0.5, 0.6) is 0 Å². The molecule has 2 heteroatoms. The monoisotopic (exact) mass is 281 g/mol. The van der Waals surface area contributed by atoms with Crippen LogP contribution in [-0.4, -0.2) is 29.8 Å². The predicted molar refractivity (Wildman–Crippen MR) is 87.1 cm³/mol. The Morgan fingerprint density at radius 1 is 0.900 bits per heavy atom. The van der Waals surface area contributed by atoms with E-state index in [-0.39, 0.29) is 6.04 Å². The molecule has 20 heavy (non-hydrogen) atoms. The molecule has 1 rings (SSSR count). The zero-order valence-electron chi connectivity index (χ0n) is 13.8. The summed E-state index contributed by atoms with van der Waals surface area (Å²) in [6.07, 6.45) is 17.3. The van der Waals surface area contributed by atoms with Crippen LogP contribution in [0.25, 0.3) is 0 Å². The first-order valence-corrected chi connectivity index (χ1v) is 9.00. The Morgan fingerprint density at radius 2 is 1.45 bits per heavy atom. The number of aldehydes is 1. The summed E-state index contributed by atoms with van der Waals surface area (Å²) in [6.45, 7) is 5.66. The summed E-state index contributed by atoms with van der Waals surface area (Å²) >= 11 is 0. The maximum Gasteiger partial charge on any atom is 0.137 e. The summed E-state index contributed by atoms with van der Waals surface area (Å²) in [5, 5.41) is 0. The lowest BCUT2D eigenvalue weighted by Gasteiger charge is -2.24. The van der Waals surface area contributed by atoms with Gasteiger partial charge >= 0.3 is 0 Å². The summed E-state index contributed by atoms with van der Waals surface area (Å²) in [5.41, 5.74) is 0. The van der Waals surface area contributed by atoms with Gasteiger partial charge in [0.2, 0.25) is 0 Å². The maximum absolute atomic E-state index is 11.0. The van der Waals surface area contributed by atoms with E-state index in [1.54, 1.807) is 0 Å². The van der Waals surface area contributed by atoms with Crippen molar-refractivity contribution < 1.29 is 4.79 Å². The van der Waals surface area contributed by atoms with Crippen LogP contribution in [-0.2, 0) is 4.79 Å². The molecule has 0 aliphatic carbocycles. The Kier molecular flexibility index (Phi) is 10.00. The fourth-order valence-electron chi connectivity index (χ4n) is 3.38. The van der Waals surface area contributed by atoms with Crippen molar-refractivity contribution in [2.45, 2.75) is 103 Å². The highest BCUT2D eigenvalue weighted by atomic mass is 16.1. The van der Waals surface area contributed by atoms with Gasteiger partial charge in [-0.2, -0.15) is 0 Å². The van der Waals surface area contributed by atoms with E-state index in [1.165, 1.54) is 70.6 Å². The smallest absolute Gasteiger partial charge is 0.137 e. The molecule has 0 aromatic carbocycles. The number of likely N-dealkylation sites (tertiary alicyclic amines) is 1. The van der Waals surface area contributed by atoms with Crippen LogP contribution in [0.3, 0.4) is 0 Å². The van der Waals surface area contributed by atoms with Gasteiger partial charge in [-0.25, -0.2) is 0 Å². The van der Waals surface area contributed by atoms with Crippen LogP contribution in [0.1, 0.15) is 90.9 Å². The molecule has 0 spiro atoms. The number of hydrogen-bond acceptors (Lipinski definition) is 2. The average Bonchev–Trinajstić information content (AvgIpc) is 2.81. The lowest BCUT2D eigenvalue weighted by molar-refractivity contribution is -0.111. The van der Waals surface area contributed by atoms with E-state index in [9.17, 15) is 4.79 Å². The molecule has 1 aliphatic rings. The summed E-state index contributed by atoms with van der Waals surface area (Å²) in [5.74, 6) is 0. The molecular weight excluding hydrogens is 246 g/mol. The Hall–Kier alpha value is -0.370. The van der Waals surface area contributed by atoms with Gasteiger partial charge in [0.15, 0.2) is 0 Å². The summed E-state index contributed by atoms with van der Waals surface area (Å²) in [7, 11) is 0. The third-order valence-electron chi connectivity index (χ3n) is 4.80. The number of unbranched alkanes of at least 4 members (excludes halogenated alkanes) is 9. The molecule has 1 aliphatic heterocycles. The summed E-state index contributed by atoms with van der Waals surface area (Å²) < 4.78 is 0. The number of carbonyl (C=O) groups is 1. The van der Waals surface area contributed by atoms with Crippen molar-refractivity contribution in [3.8, 4) is 0 Å². The van der Waals surface area contributed by atoms with Crippen molar-refractivity contribution in [1.29, 1.82) is 0 Å². The van der Waals surface area contributed by atoms with E-state index < -0.39 is 0 Å². The van der Waals surface area contributed by atoms with Crippen molar-refractivity contribution in [3.05, 3.63) is 0 Å². The van der Waals surface area contributed by atoms with Crippen LogP contribution in [0.2, 0.25) is 0 Å². The van der Waals surface area contributed by atoms with Gasteiger partial charge in [0.25, 0.3) is 0 Å². The molecule has 1 saturated heterocycles. The van der Waals surface area contributed by atoms with Gasteiger partial charge < -0.3 is 4.79 Å². The van der Waals surface area contributed by atoms with E-state index in [2.05, 4.69) is 18.7 Å². The average molecular weight is 281 g/mol. The van der Waals surface area contributed by atoms with Crippen LogP contribution in [0.15, 0.2) is 0 Å². The molecule has 118 valence electrons. The first kappa shape index (κ1) is 17.7. The SMILES string of the molecule is CCCCCCCCCCCCN1C(C)CCC1C=O. The van der Waals surface area contributed by atoms with Gasteiger partial charge in [-0.1, -0.05) is 64.7 Å². The molecule has 2 unspecified atom stereocenters. The number of rotatable bonds is 12. The highest BCUT2D eigenvalue weighted by Gasteiger charge is 2.29. The van der Waals surface area contributed by atoms with Gasteiger partial charge in [0.05, 0.1) is 6.04 Å². The Bertz CT molecular complexity index is 242. The molecular formula is C18H35NO. The van der Waals surface area contributed by atoms with Crippen molar-refractivity contribution in [3.63, 3.8) is 0 Å². The van der Waals surface area contributed by atoms with Gasteiger partial charge in [0.1, 0.15) is 6.29 Å². The molecule has 0 bridgehead atoms. The normalized spacial score (nSPS) is 23.3. The quantitative estimate of drug-likeness (QED) is 0.372. The van der Waals surface area contributed by atoms with Crippen molar-refractivity contribution >= 4 is 6.29 Å². The van der Waals surface area contributed by atoms with Crippen LogP contribution in [0, 0.1) is 0 Å². The van der Waals surface area contributed by atoms with E-state index >= 15 is 0 Å². The zero-order chi connectivity index (χ0) is 14.6. The first-order chi connectivity index (χ1) is 9.79. The first-order valence-electron chi connectivity index (χ1n) is 9.00. The van der Waals surface area contributed by atoms with E-state index in [1.807, 2.05) is 0 Å². The molecule has 1 heterocycles. The van der Waals surface area contributed by atoms with Crippen molar-refractivity contribution in [2.24, 2.45) is 0 Å². The largest absolute Gasteiger partial charge is 0.302 e. The Labute approximate surface area is 126 Å². The number of hydrogen-bond donors (Lipinski definition) is 0. The fourth-order valence-corrected chi connectivity index (χ4v) is 3.38. The Balaban J connectivity index is 1.90. The molecule has 0 N–H and O–H groups in total.